The van der Waals surface area contributed by atoms with Crippen LogP contribution in [0.4, 0.5) is 5.82 Å². The number of piperazine rings is 1. The predicted molar refractivity (Wildman–Crippen MR) is 81.5 cm³/mol. The number of anilines is 1. The number of aromatic nitrogens is 2. The summed E-state index contributed by atoms with van der Waals surface area (Å²) in [7, 11) is 1.62. The van der Waals surface area contributed by atoms with Crippen LogP contribution in [0.2, 0.25) is 0 Å². The summed E-state index contributed by atoms with van der Waals surface area (Å²) in [5.74, 6) is 1.28. The zero-order valence-electron chi connectivity index (χ0n) is 12.0. The first kappa shape index (κ1) is 13.6. The minimum atomic E-state index is -0.0930. The van der Waals surface area contributed by atoms with Crippen molar-refractivity contribution in [2.75, 3.05) is 38.2 Å². The summed E-state index contributed by atoms with van der Waals surface area (Å²) in [6.45, 7) is 3.35. The molecule has 1 fully saturated rings. The van der Waals surface area contributed by atoms with Crippen LogP contribution in [0.15, 0.2) is 41.5 Å². The van der Waals surface area contributed by atoms with Gasteiger partial charge >= 0.3 is 0 Å². The molecule has 0 spiro atoms. The van der Waals surface area contributed by atoms with Crippen LogP contribution in [-0.4, -0.2) is 42.8 Å². The summed E-state index contributed by atoms with van der Waals surface area (Å²) in [4.78, 5) is 18.9. The second-order valence-electron chi connectivity index (χ2n) is 4.86. The highest BCUT2D eigenvalue weighted by atomic mass is 16.5. The molecule has 1 aromatic carbocycles. The van der Waals surface area contributed by atoms with E-state index in [2.05, 4.69) is 10.3 Å². The number of hydrogen-bond acceptors (Lipinski definition) is 5. The average Bonchev–Trinajstić information content (AvgIpc) is 2.56. The van der Waals surface area contributed by atoms with E-state index in [0.29, 0.717) is 5.82 Å². The van der Waals surface area contributed by atoms with E-state index in [9.17, 15) is 4.79 Å². The van der Waals surface area contributed by atoms with Gasteiger partial charge in [-0.1, -0.05) is 0 Å². The summed E-state index contributed by atoms with van der Waals surface area (Å²) < 4.78 is 6.75. The molecule has 0 aliphatic carbocycles. The van der Waals surface area contributed by atoms with Gasteiger partial charge in [0.15, 0.2) is 5.82 Å². The van der Waals surface area contributed by atoms with Gasteiger partial charge in [-0.15, -0.1) is 0 Å². The lowest BCUT2D eigenvalue weighted by atomic mass is 10.3. The van der Waals surface area contributed by atoms with Crippen LogP contribution in [0.1, 0.15) is 0 Å². The number of rotatable bonds is 3. The van der Waals surface area contributed by atoms with Gasteiger partial charge in [0.05, 0.1) is 7.11 Å². The maximum Gasteiger partial charge on any atom is 0.298 e. The molecule has 1 N–H and O–H groups in total. The summed E-state index contributed by atoms with van der Waals surface area (Å²) >= 11 is 0. The highest BCUT2D eigenvalue weighted by Crippen LogP contribution is 2.14. The second-order valence-corrected chi connectivity index (χ2v) is 4.86. The van der Waals surface area contributed by atoms with Crippen molar-refractivity contribution in [1.82, 2.24) is 14.9 Å². The Balaban J connectivity index is 1.97. The van der Waals surface area contributed by atoms with E-state index >= 15 is 0 Å². The van der Waals surface area contributed by atoms with Gasteiger partial charge in [-0.2, -0.15) is 0 Å². The molecule has 1 aliphatic rings. The number of methoxy groups -OCH3 is 1. The van der Waals surface area contributed by atoms with Crippen LogP contribution >= 0.6 is 0 Å². The quantitative estimate of drug-likeness (QED) is 0.898. The summed E-state index contributed by atoms with van der Waals surface area (Å²) in [5, 5.41) is 3.27. The fourth-order valence-electron chi connectivity index (χ4n) is 2.44. The van der Waals surface area contributed by atoms with E-state index in [-0.39, 0.29) is 5.56 Å². The Morgan fingerprint density at radius 2 is 1.90 bits per heavy atom. The Morgan fingerprint density at radius 3 is 2.57 bits per heavy atom. The molecule has 1 saturated heterocycles. The van der Waals surface area contributed by atoms with E-state index in [1.165, 1.54) is 0 Å². The molecule has 2 heterocycles. The van der Waals surface area contributed by atoms with Crippen LogP contribution in [-0.2, 0) is 0 Å². The highest BCUT2D eigenvalue weighted by Gasteiger charge is 2.16. The molecule has 0 amide bonds. The molecule has 0 radical (unpaired) electrons. The van der Waals surface area contributed by atoms with Gasteiger partial charge in [-0.25, -0.2) is 4.98 Å². The Labute approximate surface area is 123 Å². The zero-order chi connectivity index (χ0) is 14.7. The molecule has 21 heavy (non-hydrogen) atoms. The predicted octanol–water partition coefficient (Wildman–Crippen LogP) is 0.651. The van der Waals surface area contributed by atoms with Crippen molar-refractivity contribution in [2.24, 2.45) is 0 Å². The molecule has 0 unspecified atom stereocenters. The molecule has 6 nitrogen and oxygen atoms in total. The molecular formula is C15H18N4O2. The minimum Gasteiger partial charge on any atom is -0.497 e. The maximum absolute atomic E-state index is 12.6. The normalized spacial score (nSPS) is 15.0. The van der Waals surface area contributed by atoms with Crippen LogP contribution < -0.4 is 20.5 Å². The van der Waals surface area contributed by atoms with Crippen LogP contribution in [0.5, 0.6) is 5.75 Å². The summed E-state index contributed by atoms with van der Waals surface area (Å²) in [6.07, 6.45) is 3.36. The van der Waals surface area contributed by atoms with E-state index in [1.807, 2.05) is 29.2 Å². The lowest BCUT2D eigenvalue weighted by molar-refractivity contribution is 0.414. The molecule has 3 rings (SSSR count). The van der Waals surface area contributed by atoms with Crippen molar-refractivity contribution in [1.29, 1.82) is 0 Å². The molecule has 0 bridgehead atoms. The van der Waals surface area contributed by atoms with Crippen LogP contribution in [0, 0.1) is 0 Å². The average molecular weight is 286 g/mol. The van der Waals surface area contributed by atoms with Gasteiger partial charge in [0.1, 0.15) is 5.75 Å². The van der Waals surface area contributed by atoms with E-state index in [4.69, 9.17) is 4.74 Å². The van der Waals surface area contributed by atoms with Gasteiger partial charge in [0, 0.05) is 44.3 Å². The lowest BCUT2D eigenvalue weighted by Crippen LogP contribution is -2.46. The standard InChI is InChI=1S/C15H18N4O2/c1-21-13-4-2-12(3-5-13)19-11-8-17-14(15(19)20)18-9-6-16-7-10-18/h2-5,8,11,16H,6-7,9-10H2,1H3. The third kappa shape index (κ3) is 2.75. The molecule has 110 valence electrons. The third-order valence-corrected chi connectivity index (χ3v) is 3.59. The van der Waals surface area contributed by atoms with E-state index in [0.717, 1.165) is 37.6 Å². The summed E-state index contributed by atoms with van der Waals surface area (Å²) in [6, 6.07) is 7.41. The van der Waals surface area contributed by atoms with Crippen molar-refractivity contribution < 1.29 is 4.74 Å². The van der Waals surface area contributed by atoms with Gasteiger partial charge in [0.25, 0.3) is 5.56 Å². The van der Waals surface area contributed by atoms with Crippen LogP contribution in [0.25, 0.3) is 5.69 Å². The SMILES string of the molecule is COc1ccc(-n2ccnc(N3CCNCC3)c2=O)cc1. The molecule has 1 aliphatic heterocycles. The van der Waals surface area contributed by atoms with E-state index in [1.54, 1.807) is 24.1 Å². The number of nitrogens with zero attached hydrogens (tertiary/aromatic N) is 3. The monoisotopic (exact) mass is 286 g/mol. The molecule has 0 saturated carbocycles. The Morgan fingerprint density at radius 1 is 1.19 bits per heavy atom. The number of ether oxygens (including phenoxy) is 1. The van der Waals surface area contributed by atoms with Crippen molar-refractivity contribution >= 4 is 5.82 Å². The number of nitrogens with one attached hydrogen (secondary N) is 1. The molecule has 0 atom stereocenters. The second kappa shape index (κ2) is 5.97. The molecule has 1 aromatic heterocycles. The van der Waals surface area contributed by atoms with Crippen LogP contribution in [0.3, 0.4) is 0 Å². The maximum atomic E-state index is 12.6. The summed E-state index contributed by atoms with van der Waals surface area (Å²) in [5.41, 5.74) is 0.712. The van der Waals surface area contributed by atoms with Crippen molar-refractivity contribution in [2.45, 2.75) is 0 Å². The fourth-order valence-corrected chi connectivity index (χ4v) is 2.44. The van der Waals surface area contributed by atoms with Gasteiger partial charge < -0.3 is 15.0 Å². The topological polar surface area (TPSA) is 59.4 Å². The van der Waals surface area contributed by atoms with Crippen molar-refractivity contribution in [3.05, 3.63) is 47.0 Å². The van der Waals surface area contributed by atoms with Crippen molar-refractivity contribution in [3.63, 3.8) is 0 Å². The molecular weight excluding hydrogens is 268 g/mol. The highest BCUT2D eigenvalue weighted by molar-refractivity contribution is 5.42. The van der Waals surface area contributed by atoms with Gasteiger partial charge in [0.2, 0.25) is 0 Å². The van der Waals surface area contributed by atoms with Crippen molar-refractivity contribution in [3.8, 4) is 11.4 Å². The number of benzene rings is 1. The Bertz CT molecular complexity index is 660. The first-order valence-electron chi connectivity index (χ1n) is 6.97. The van der Waals surface area contributed by atoms with Gasteiger partial charge in [-0.3, -0.25) is 9.36 Å². The third-order valence-electron chi connectivity index (χ3n) is 3.59. The smallest absolute Gasteiger partial charge is 0.298 e. The Hall–Kier alpha value is -2.34. The molecule has 6 heteroatoms. The largest absolute Gasteiger partial charge is 0.497 e. The minimum absolute atomic E-state index is 0.0930. The fraction of sp³-hybridized carbons (Fsp3) is 0.333. The van der Waals surface area contributed by atoms with E-state index < -0.39 is 0 Å². The number of hydrogen-bond donors (Lipinski definition) is 1. The first-order chi connectivity index (χ1) is 10.3. The Kier molecular flexibility index (Phi) is 3.87. The first-order valence-corrected chi connectivity index (χ1v) is 6.97. The molecule has 2 aromatic rings. The zero-order valence-corrected chi connectivity index (χ0v) is 12.0. The van der Waals surface area contributed by atoms with Gasteiger partial charge in [-0.05, 0) is 24.3 Å². The lowest BCUT2D eigenvalue weighted by Gasteiger charge is -2.27.